The first-order valence-corrected chi connectivity index (χ1v) is 15.5. The maximum atomic E-state index is 15.9. The Morgan fingerprint density at radius 3 is 2.47 bits per heavy atom. The monoisotopic (exact) mass is 672 g/mol. The van der Waals surface area contributed by atoms with Crippen molar-refractivity contribution in [2.75, 3.05) is 6.54 Å². The summed E-state index contributed by atoms with van der Waals surface area (Å²) >= 11 is 0. The van der Waals surface area contributed by atoms with E-state index in [1.54, 1.807) is 27.7 Å². The Bertz CT molecular complexity index is 1530. The van der Waals surface area contributed by atoms with Gasteiger partial charge in [-0.3, -0.25) is 4.79 Å². The van der Waals surface area contributed by atoms with E-state index in [4.69, 9.17) is 9.47 Å². The van der Waals surface area contributed by atoms with Gasteiger partial charge in [-0.25, -0.2) is 19.6 Å². The number of rotatable bonds is 3. The number of carboxylic acids is 1. The Morgan fingerprint density at radius 2 is 1.83 bits per heavy atom. The Kier molecular flexibility index (Phi) is 9.18. The standard InChI is InChI=1S/C31H37F5N4O7/c1-5-17-21-14-40(22(17)27(42)43)26(41)24(29(2,3)4)39-28(44)46-20-12-15(20)8-6-7-11-30(32,33)23-25(45-21)38-19-13-16(47-31(34,35)36)9-10-18(19)37-23/h9-10,13,15,17,20-22,24H,5-8,11-12,14H2,1-4H3,(H,39,44)(H,42,43)/t15?,17-,20-,21+,22+,24-/m1/s1. The van der Waals surface area contributed by atoms with Gasteiger partial charge in [-0.1, -0.05) is 34.1 Å². The summed E-state index contributed by atoms with van der Waals surface area (Å²) in [7, 11) is 0. The molecule has 2 aromatic rings. The Hall–Kier alpha value is -3.98. The van der Waals surface area contributed by atoms with E-state index in [2.05, 4.69) is 20.0 Å². The molecule has 3 heterocycles. The molecule has 2 N–H and O–H groups in total. The number of hydrogen-bond donors (Lipinski definition) is 2. The molecule has 5 rings (SSSR count). The molecule has 47 heavy (non-hydrogen) atoms. The van der Waals surface area contributed by atoms with Gasteiger partial charge >= 0.3 is 18.4 Å². The van der Waals surface area contributed by atoms with Crippen LogP contribution in [0.15, 0.2) is 18.2 Å². The quantitative estimate of drug-likeness (QED) is 0.388. The van der Waals surface area contributed by atoms with Gasteiger partial charge in [0.25, 0.3) is 5.92 Å². The fourth-order valence-corrected chi connectivity index (χ4v) is 6.35. The average Bonchev–Trinajstić information content (AvgIpc) is 3.58. The molecular weight excluding hydrogens is 635 g/mol. The zero-order valence-electron chi connectivity index (χ0n) is 26.3. The summed E-state index contributed by atoms with van der Waals surface area (Å²) in [6.07, 6.45) is -6.49. The molecule has 6 atom stereocenters. The van der Waals surface area contributed by atoms with Crippen LogP contribution in [-0.2, 0) is 20.2 Å². The van der Waals surface area contributed by atoms with Crippen molar-refractivity contribution in [3.05, 3.63) is 23.9 Å². The molecule has 1 aromatic heterocycles. The van der Waals surface area contributed by atoms with Crippen molar-refractivity contribution in [1.29, 1.82) is 0 Å². The molecule has 0 spiro atoms. The molecule has 2 fully saturated rings. The second kappa shape index (κ2) is 12.6. The SMILES string of the molecule is CC[C@@H]1[C@@H]2CN(C(=O)[C@H](C(C)(C)C)NC(=O)O[C@@H]3CC3CCCCC(F)(F)c3nc4ccc(OC(F)(F)F)cc4nc3O2)[C@@H]1C(=O)O. The third kappa shape index (κ3) is 7.61. The first kappa shape index (κ1) is 34.4. The van der Waals surface area contributed by atoms with Crippen LogP contribution < -0.4 is 14.8 Å². The highest BCUT2D eigenvalue weighted by molar-refractivity contribution is 5.90. The number of aliphatic carboxylic acids is 1. The highest BCUT2D eigenvalue weighted by atomic mass is 19.4. The first-order chi connectivity index (χ1) is 21.9. The van der Waals surface area contributed by atoms with Crippen LogP contribution in [0.1, 0.15) is 71.9 Å². The highest BCUT2D eigenvalue weighted by Crippen LogP contribution is 2.43. The number of benzene rings is 1. The van der Waals surface area contributed by atoms with Gasteiger partial charge in [0.15, 0.2) is 5.69 Å². The van der Waals surface area contributed by atoms with E-state index in [-0.39, 0.29) is 36.3 Å². The zero-order valence-corrected chi connectivity index (χ0v) is 26.3. The van der Waals surface area contributed by atoms with Crippen LogP contribution in [0.3, 0.4) is 0 Å². The fourth-order valence-electron chi connectivity index (χ4n) is 6.35. The summed E-state index contributed by atoms with van der Waals surface area (Å²) in [6, 6.07) is 0.219. The van der Waals surface area contributed by atoms with Crippen LogP contribution in [0.2, 0.25) is 0 Å². The molecule has 1 unspecified atom stereocenters. The van der Waals surface area contributed by atoms with Crippen LogP contribution in [0.4, 0.5) is 26.7 Å². The average molecular weight is 673 g/mol. The van der Waals surface area contributed by atoms with Gasteiger partial charge in [0.05, 0.1) is 17.6 Å². The topological polar surface area (TPSA) is 140 Å². The van der Waals surface area contributed by atoms with E-state index >= 15 is 8.78 Å². The molecule has 1 aliphatic carbocycles. The fraction of sp³-hybridized carbons (Fsp3) is 0.645. The van der Waals surface area contributed by atoms with Crippen molar-refractivity contribution >= 4 is 29.0 Å². The van der Waals surface area contributed by atoms with Crippen LogP contribution in [0.5, 0.6) is 11.6 Å². The number of carbonyl (C=O) groups excluding carboxylic acids is 2. The molecule has 11 nitrogen and oxygen atoms in total. The number of amides is 2. The van der Waals surface area contributed by atoms with Crippen molar-refractivity contribution in [3.8, 4) is 11.6 Å². The summed E-state index contributed by atoms with van der Waals surface area (Å²) in [6.45, 7) is 6.34. The van der Waals surface area contributed by atoms with E-state index in [1.165, 1.54) is 0 Å². The second-order valence-corrected chi connectivity index (χ2v) is 13.4. The Morgan fingerprint density at radius 1 is 1.11 bits per heavy atom. The van der Waals surface area contributed by atoms with Crippen molar-refractivity contribution < 1.29 is 55.7 Å². The third-order valence-corrected chi connectivity index (χ3v) is 8.86. The maximum absolute atomic E-state index is 15.9. The van der Waals surface area contributed by atoms with Gasteiger partial charge in [0.1, 0.15) is 30.0 Å². The normalized spacial score (nSPS) is 28.6. The molecule has 1 saturated carbocycles. The van der Waals surface area contributed by atoms with Crippen LogP contribution >= 0.6 is 0 Å². The van der Waals surface area contributed by atoms with Gasteiger partial charge in [-0.15, -0.1) is 13.2 Å². The van der Waals surface area contributed by atoms with Gasteiger partial charge in [0, 0.05) is 18.4 Å². The van der Waals surface area contributed by atoms with E-state index < -0.39 is 89.6 Å². The lowest BCUT2D eigenvalue weighted by molar-refractivity contribution is -0.274. The number of aromatic nitrogens is 2. The summed E-state index contributed by atoms with van der Waals surface area (Å²) in [5, 5.41) is 12.9. The smallest absolute Gasteiger partial charge is 0.480 e. The van der Waals surface area contributed by atoms with Crippen LogP contribution in [-0.4, -0.2) is 75.1 Å². The molecule has 2 aliphatic heterocycles. The van der Waals surface area contributed by atoms with Gasteiger partial charge < -0.3 is 29.5 Å². The first-order valence-electron chi connectivity index (χ1n) is 15.5. The number of carbonyl (C=O) groups is 3. The van der Waals surface area contributed by atoms with Crippen molar-refractivity contribution in [1.82, 2.24) is 20.2 Å². The Balaban J connectivity index is 1.59. The van der Waals surface area contributed by atoms with E-state index in [9.17, 15) is 32.7 Å². The van der Waals surface area contributed by atoms with Gasteiger partial charge in [-0.2, -0.15) is 8.78 Å². The number of fused-ring (bicyclic) bond motifs is 5. The second-order valence-electron chi connectivity index (χ2n) is 13.4. The number of carboxylic acid groups (broad SMARTS) is 1. The largest absolute Gasteiger partial charge is 0.573 e. The summed E-state index contributed by atoms with van der Waals surface area (Å²) in [5.41, 5.74) is -2.11. The number of nitrogens with zero attached hydrogens (tertiary/aromatic N) is 3. The number of nitrogens with one attached hydrogen (secondary N) is 1. The molecule has 3 aliphatic rings. The number of alkyl carbamates (subject to hydrolysis) is 1. The number of alkyl halides is 5. The number of halogens is 5. The minimum atomic E-state index is -5.02. The zero-order chi connectivity index (χ0) is 34.5. The van der Waals surface area contributed by atoms with Crippen molar-refractivity contribution in [2.24, 2.45) is 17.3 Å². The van der Waals surface area contributed by atoms with Gasteiger partial charge in [0.2, 0.25) is 11.8 Å². The maximum Gasteiger partial charge on any atom is 0.573 e. The van der Waals surface area contributed by atoms with E-state index in [0.717, 1.165) is 23.1 Å². The molecular formula is C31H37F5N4O7. The predicted molar refractivity (Wildman–Crippen MR) is 155 cm³/mol. The lowest BCUT2D eigenvalue weighted by atomic mass is 9.85. The Labute approximate surface area is 267 Å². The summed E-state index contributed by atoms with van der Waals surface area (Å²) < 4.78 is 86.0. The molecule has 2 amide bonds. The summed E-state index contributed by atoms with van der Waals surface area (Å²) in [4.78, 5) is 48.7. The van der Waals surface area contributed by atoms with Crippen molar-refractivity contribution in [3.63, 3.8) is 0 Å². The number of hydrogen-bond acceptors (Lipinski definition) is 8. The lowest BCUT2D eigenvalue weighted by Crippen LogP contribution is -2.57. The molecule has 16 heteroatoms. The van der Waals surface area contributed by atoms with E-state index in [1.807, 2.05) is 0 Å². The lowest BCUT2D eigenvalue weighted by Gasteiger charge is -2.34. The molecule has 0 radical (unpaired) electrons. The number of ether oxygens (including phenoxy) is 3. The predicted octanol–water partition coefficient (Wildman–Crippen LogP) is 5.79. The molecule has 1 aromatic carbocycles. The highest BCUT2D eigenvalue weighted by Gasteiger charge is 2.52. The van der Waals surface area contributed by atoms with Crippen LogP contribution in [0.25, 0.3) is 11.0 Å². The molecule has 2 bridgehead atoms. The minimum Gasteiger partial charge on any atom is -0.480 e. The minimum absolute atomic E-state index is 0.0365. The van der Waals surface area contributed by atoms with Crippen molar-refractivity contribution in [2.45, 2.75) is 103 Å². The summed E-state index contributed by atoms with van der Waals surface area (Å²) in [5.74, 6) is -8.00. The molecule has 1 saturated heterocycles. The van der Waals surface area contributed by atoms with E-state index in [0.29, 0.717) is 19.3 Å². The van der Waals surface area contributed by atoms with Crippen LogP contribution in [0, 0.1) is 17.3 Å². The molecule has 258 valence electrons. The third-order valence-electron chi connectivity index (χ3n) is 8.86. The van der Waals surface area contributed by atoms with Gasteiger partial charge in [-0.05, 0) is 49.1 Å².